The molecule has 1 unspecified atom stereocenters. The molecule has 160 valence electrons. The summed E-state index contributed by atoms with van der Waals surface area (Å²) in [5.74, 6) is 0.568. The van der Waals surface area contributed by atoms with Gasteiger partial charge in [-0.3, -0.25) is 14.9 Å². The van der Waals surface area contributed by atoms with Gasteiger partial charge in [0.25, 0.3) is 0 Å². The summed E-state index contributed by atoms with van der Waals surface area (Å²) in [6.07, 6.45) is 8.24. The van der Waals surface area contributed by atoms with Gasteiger partial charge >= 0.3 is 0 Å². The Kier molecular flexibility index (Phi) is 4.40. The molecule has 2 aromatic rings. The van der Waals surface area contributed by atoms with Crippen molar-refractivity contribution in [2.45, 2.75) is 45.4 Å². The molecule has 1 N–H and O–H groups in total. The van der Waals surface area contributed by atoms with Crippen LogP contribution in [0.15, 0.2) is 30.4 Å². The van der Waals surface area contributed by atoms with Gasteiger partial charge in [-0.25, -0.2) is 4.52 Å². The van der Waals surface area contributed by atoms with Crippen LogP contribution in [0, 0.1) is 28.1 Å². The van der Waals surface area contributed by atoms with E-state index in [4.69, 9.17) is 0 Å². The van der Waals surface area contributed by atoms with Gasteiger partial charge in [0.15, 0.2) is 5.65 Å². The molecule has 2 amide bonds. The van der Waals surface area contributed by atoms with Crippen LogP contribution in [-0.4, -0.2) is 44.4 Å². The largest absolute Gasteiger partial charge is 0.339 e. The van der Waals surface area contributed by atoms with Gasteiger partial charge in [-0.1, -0.05) is 18.2 Å². The summed E-state index contributed by atoms with van der Waals surface area (Å²) in [7, 11) is 0. The van der Waals surface area contributed by atoms with Crippen molar-refractivity contribution in [1.29, 1.82) is 5.26 Å². The average molecular weight is 419 g/mol. The number of likely N-dealkylation sites (tertiary alicyclic amines) is 1. The first-order chi connectivity index (χ1) is 14.8. The number of allylic oxidation sites excluding steroid dienone is 1. The van der Waals surface area contributed by atoms with Gasteiger partial charge in [-0.2, -0.15) is 10.2 Å². The summed E-state index contributed by atoms with van der Waals surface area (Å²) < 4.78 is 1.82. The third kappa shape index (κ3) is 3.48. The van der Waals surface area contributed by atoms with Gasteiger partial charge in [-0.15, -0.1) is 5.10 Å². The molecule has 31 heavy (non-hydrogen) atoms. The van der Waals surface area contributed by atoms with E-state index in [9.17, 15) is 14.9 Å². The quantitative estimate of drug-likeness (QED) is 0.769. The third-order valence-electron chi connectivity index (χ3n) is 6.70. The summed E-state index contributed by atoms with van der Waals surface area (Å²) >= 11 is 0. The molecular formula is C23H26N6O2. The number of hydrogen-bond acceptors (Lipinski definition) is 5. The number of nitriles is 1. The first kappa shape index (κ1) is 19.7. The topological polar surface area (TPSA) is 103 Å². The lowest BCUT2D eigenvalue weighted by Gasteiger charge is -2.52. The van der Waals surface area contributed by atoms with Crippen molar-refractivity contribution in [2.24, 2.45) is 16.7 Å². The van der Waals surface area contributed by atoms with E-state index in [2.05, 4.69) is 33.6 Å². The molecule has 8 heteroatoms. The number of aromatic nitrogens is 3. The fourth-order valence-corrected chi connectivity index (χ4v) is 4.57. The number of hydrogen-bond donors (Lipinski definition) is 1. The van der Waals surface area contributed by atoms with Gasteiger partial charge < -0.3 is 4.90 Å². The van der Waals surface area contributed by atoms with E-state index in [0.29, 0.717) is 19.0 Å². The lowest BCUT2D eigenvalue weighted by molar-refractivity contribution is -0.148. The summed E-state index contributed by atoms with van der Waals surface area (Å²) in [4.78, 5) is 30.8. The molecule has 1 aliphatic heterocycles. The molecule has 2 aromatic heterocycles. The van der Waals surface area contributed by atoms with E-state index < -0.39 is 5.41 Å². The summed E-state index contributed by atoms with van der Waals surface area (Å²) in [5.41, 5.74) is 0.798. The van der Waals surface area contributed by atoms with Crippen LogP contribution in [0.25, 0.3) is 5.65 Å². The average Bonchev–Trinajstić information content (AvgIpc) is 3.51. The number of fused-ring (bicyclic) bond motifs is 1. The van der Waals surface area contributed by atoms with Crippen molar-refractivity contribution in [3.63, 3.8) is 0 Å². The van der Waals surface area contributed by atoms with Crippen LogP contribution in [0.3, 0.4) is 0 Å². The van der Waals surface area contributed by atoms with Crippen molar-refractivity contribution in [1.82, 2.24) is 19.5 Å². The number of nitrogens with zero attached hydrogens (tertiary/aromatic N) is 5. The highest BCUT2D eigenvalue weighted by atomic mass is 16.2. The minimum Gasteiger partial charge on any atom is -0.339 e. The normalized spacial score (nSPS) is 22.2. The van der Waals surface area contributed by atoms with Crippen molar-refractivity contribution in [3.05, 3.63) is 36.0 Å². The minimum absolute atomic E-state index is 0.000574. The Morgan fingerprint density at radius 2 is 2.03 bits per heavy atom. The smallest absolute Gasteiger partial charge is 0.249 e. The van der Waals surface area contributed by atoms with Crippen LogP contribution >= 0.6 is 0 Å². The summed E-state index contributed by atoms with van der Waals surface area (Å²) in [6.45, 7) is 4.69. The lowest BCUT2D eigenvalue weighted by atomic mass is 9.69. The predicted octanol–water partition coefficient (Wildman–Crippen LogP) is 2.89. The van der Waals surface area contributed by atoms with Crippen molar-refractivity contribution >= 4 is 23.4 Å². The van der Waals surface area contributed by atoms with Crippen LogP contribution in [0.5, 0.6) is 0 Å². The van der Waals surface area contributed by atoms with Gasteiger partial charge in [0, 0.05) is 30.3 Å². The predicted molar refractivity (Wildman–Crippen MR) is 114 cm³/mol. The zero-order valence-corrected chi connectivity index (χ0v) is 17.8. The molecule has 2 fully saturated rings. The molecule has 3 aliphatic rings. The number of carbonyl (C=O) groups is 2. The van der Waals surface area contributed by atoms with Crippen LogP contribution in [-0.2, 0) is 9.59 Å². The van der Waals surface area contributed by atoms with E-state index >= 15 is 0 Å². The second-order valence-electron chi connectivity index (χ2n) is 9.68. The first-order valence-electron chi connectivity index (χ1n) is 10.9. The Morgan fingerprint density at radius 1 is 1.26 bits per heavy atom. The van der Waals surface area contributed by atoms with Crippen LogP contribution in [0.4, 0.5) is 5.95 Å². The fourth-order valence-electron chi connectivity index (χ4n) is 4.57. The van der Waals surface area contributed by atoms with E-state index in [1.54, 1.807) is 18.7 Å². The molecule has 1 saturated heterocycles. The molecule has 0 radical (unpaired) electrons. The van der Waals surface area contributed by atoms with E-state index in [1.807, 2.05) is 22.7 Å². The van der Waals surface area contributed by atoms with E-state index in [-0.39, 0.29) is 29.1 Å². The standard InChI is InChI=1S/C23H26N6O2/c1-22(2,12-24)20(31)28-13-23(14-28)10-8-15(9-11-23)17-4-3-5-18-25-21(27-29(17)18)26-19(30)16-6-7-16/h3-5,8,10,15-16H,6-7,9,11,13-14H2,1-2H3,(H,26,27,30). The molecule has 1 atom stereocenters. The zero-order chi connectivity index (χ0) is 21.8. The maximum atomic E-state index is 12.5. The Hall–Kier alpha value is -3.21. The van der Waals surface area contributed by atoms with Crippen LogP contribution in [0.2, 0.25) is 0 Å². The number of nitrogens with one attached hydrogen (secondary N) is 1. The van der Waals surface area contributed by atoms with Crippen LogP contribution < -0.4 is 5.32 Å². The maximum Gasteiger partial charge on any atom is 0.249 e. The Labute approximate surface area is 180 Å². The van der Waals surface area contributed by atoms with E-state index in [0.717, 1.165) is 37.0 Å². The van der Waals surface area contributed by atoms with Gasteiger partial charge in [0.05, 0.1) is 11.8 Å². The Bertz CT molecular complexity index is 1130. The van der Waals surface area contributed by atoms with Crippen molar-refractivity contribution in [2.75, 3.05) is 18.4 Å². The first-order valence-corrected chi connectivity index (χ1v) is 10.9. The molecule has 2 aliphatic carbocycles. The highest BCUT2D eigenvalue weighted by Gasteiger charge is 2.48. The lowest BCUT2D eigenvalue weighted by Crippen LogP contribution is -2.60. The second-order valence-corrected chi connectivity index (χ2v) is 9.68. The number of amides is 2. The van der Waals surface area contributed by atoms with Gasteiger partial charge in [0.1, 0.15) is 5.41 Å². The molecule has 1 saturated carbocycles. The maximum absolute atomic E-state index is 12.5. The molecular weight excluding hydrogens is 392 g/mol. The van der Waals surface area contributed by atoms with Crippen molar-refractivity contribution in [3.8, 4) is 6.07 Å². The highest BCUT2D eigenvalue weighted by molar-refractivity contribution is 5.92. The molecule has 1 spiro atoms. The SMILES string of the molecule is CC(C)(C#N)C(=O)N1CC2(C=CC(c3cccc4nc(NC(=O)C5CC5)nn34)CC2)C1. The number of anilines is 1. The highest BCUT2D eigenvalue weighted by Crippen LogP contribution is 2.44. The Balaban J connectivity index is 1.30. The van der Waals surface area contributed by atoms with Crippen molar-refractivity contribution < 1.29 is 9.59 Å². The minimum atomic E-state index is -0.974. The summed E-state index contributed by atoms with van der Waals surface area (Å²) in [5, 5.41) is 16.6. The van der Waals surface area contributed by atoms with Crippen LogP contribution in [0.1, 0.15) is 51.1 Å². The van der Waals surface area contributed by atoms with Gasteiger partial charge in [-0.05, 0) is 51.7 Å². The number of pyridine rings is 1. The van der Waals surface area contributed by atoms with E-state index in [1.165, 1.54) is 0 Å². The molecule has 8 nitrogen and oxygen atoms in total. The number of rotatable bonds is 4. The molecule has 0 bridgehead atoms. The second kappa shape index (κ2) is 6.91. The summed E-state index contributed by atoms with van der Waals surface area (Å²) in [6, 6.07) is 8.01. The molecule has 3 heterocycles. The zero-order valence-electron chi connectivity index (χ0n) is 17.8. The fraction of sp³-hybridized carbons (Fsp3) is 0.522. The molecule has 5 rings (SSSR count). The third-order valence-corrected chi connectivity index (χ3v) is 6.70. The molecule has 0 aromatic carbocycles. The van der Waals surface area contributed by atoms with Gasteiger partial charge in [0.2, 0.25) is 17.8 Å². The number of carbonyl (C=O) groups excluding carboxylic acids is 2. The Morgan fingerprint density at radius 3 is 2.68 bits per heavy atom. The monoisotopic (exact) mass is 418 g/mol.